The highest BCUT2D eigenvalue weighted by Crippen LogP contribution is 2.33. The molecular formula is C23H29N3O2. The molecule has 0 unspecified atom stereocenters. The number of likely N-dealkylation sites (tertiary alicyclic amines) is 1. The van der Waals surface area contributed by atoms with E-state index in [9.17, 15) is 9.90 Å². The monoisotopic (exact) mass is 379 g/mol. The number of hydrogen-bond donors (Lipinski definition) is 1. The minimum atomic E-state index is -0.849. The van der Waals surface area contributed by atoms with Crippen LogP contribution in [0.2, 0.25) is 0 Å². The van der Waals surface area contributed by atoms with E-state index in [1.54, 1.807) is 4.90 Å². The molecule has 5 nitrogen and oxygen atoms in total. The number of benzene rings is 2. The van der Waals surface area contributed by atoms with Crippen LogP contribution in [0.3, 0.4) is 0 Å². The largest absolute Gasteiger partial charge is 0.465 e. The lowest BCUT2D eigenvalue weighted by Gasteiger charge is -2.32. The molecule has 4 rings (SSSR count). The van der Waals surface area contributed by atoms with Gasteiger partial charge in [0.05, 0.1) is 0 Å². The molecule has 1 fully saturated rings. The maximum Gasteiger partial charge on any atom is 0.411 e. The molecule has 2 aliphatic rings. The Balaban J connectivity index is 1.48. The molecule has 0 aliphatic carbocycles. The van der Waals surface area contributed by atoms with Crippen LogP contribution in [0.5, 0.6) is 0 Å². The Labute approximate surface area is 167 Å². The molecule has 0 radical (unpaired) electrons. The van der Waals surface area contributed by atoms with Crippen LogP contribution >= 0.6 is 0 Å². The fourth-order valence-electron chi connectivity index (χ4n) is 4.39. The summed E-state index contributed by atoms with van der Waals surface area (Å²) in [6, 6.07) is 16.7. The topological polar surface area (TPSA) is 47.0 Å². The van der Waals surface area contributed by atoms with E-state index in [-0.39, 0.29) is 0 Å². The summed E-state index contributed by atoms with van der Waals surface area (Å²) < 4.78 is 0. The minimum absolute atomic E-state index is 0.440. The third-order valence-electron chi connectivity index (χ3n) is 6.09. The van der Waals surface area contributed by atoms with Crippen LogP contribution in [0, 0.1) is 5.92 Å². The Morgan fingerprint density at radius 3 is 2.57 bits per heavy atom. The summed E-state index contributed by atoms with van der Waals surface area (Å²) in [7, 11) is 2.13. The van der Waals surface area contributed by atoms with E-state index in [2.05, 4.69) is 53.2 Å². The number of nitrogens with zero attached hydrogens (tertiary/aromatic N) is 3. The molecule has 2 aromatic carbocycles. The van der Waals surface area contributed by atoms with Gasteiger partial charge in [-0.05, 0) is 74.6 Å². The first-order valence-electron chi connectivity index (χ1n) is 10.2. The minimum Gasteiger partial charge on any atom is -0.465 e. The van der Waals surface area contributed by atoms with Crippen LogP contribution < -0.4 is 9.80 Å². The summed E-state index contributed by atoms with van der Waals surface area (Å²) in [5, 5.41) is 9.81. The maximum absolute atomic E-state index is 11.9. The molecule has 0 aromatic heterocycles. The Bertz CT molecular complexity index is 816. The third-order valence-corrected chi connectivity index (χ3v) is 6.09. The summed E-state index contributed by atoms with van der Waals surface area (Å²) in [5.41, 5.74) is 4.60. The Kier molecular flexibility index (Phi) is 5.53. The Morgan fingerprint density at radius 2 is 1.86 bits per heavy atom. The molecule has 0 atom stereocenters. The summed E-state index contributed by atoms with van der Waals surface area (Å²) >= 11 is 0. The van der Waals surface area contributed by atoms with E-state index in [1.165, 1.54) is 16.8 Å². The predicted molar refractivity (Wildman–Crippen MR) is 113 cm³/mol. The molecule has 1 saturated heterocycles. The number of piperidine rings is 1. The van der Waals surface area contributed by atoms with Crippen molar-refractivity contribution in [1.82, 2.24) is 4.90 Å². The van der Waals surface area contributed by atoms with E-state index < -0.39 is 6.09 Å². The second-order valence-electron chi connectivity index (χ2n) is 8.11. The Hall–Kier alpha value is -2.53. The van der Waals surface area contributed by atoms with Gasteiger partial charge in [0.1, 0.15) is 0 Å². The van der Waals surface area contributed by atoms with Crippen molar-refractivity contribution in [3.8, 4) is 0 Å². The van der Waals surface area contributed by atoms with Crippen molar-refractivity contribution < 1.29 is 9.90 Å². The maximum atomic E-state index is 11.9. The molecule has 2 aliphatic heterocycles. The van der Waals surface area contributed by atoms with E-state index in [4.69, 9.17) is 0 Å². The quantitative estimate of drug-likeness (QED) is 0.851. The van der Waals surface area contributed by atoms with Gasteiger partial charge >= 0.3 is 6.09 Å². The van der Waals surface area contributed by atoms with Gasteiger partial charge in [0, 0.05) is 31.0 Å². The van der Waals surface area contributed by atoms with Gasteiger partial charge in [0.25, 0.3) is 0 Å². The fraction of sp³-hybridized carbons (Fsp3) is 0.435. The SMILES string of the molecule is CN1CCC(CN(C(=O)O)c2ccc3c(c2)CCN3Cc2ccccc2)CC1. The van der Waals surface area contributed by atoms with Gasteiger partial charge in [-0.3, -0.25) is 4.90 Å². The van der Waals surface area contributed by atoms with Crippen LogP contribution in [-0.2, 0) is 13.0 Å². The van der Waals surface area contributed by atoms with Gasteiger partial charge in [-0.15, -0.1) is 0 Å². The lowest BCUT2D eigenvalue weighted by molar-refractivity contribution is 0.192. The normalized spacial score (nSPS) is 17.5. The van der Waals surface area contributed by atoms with Crippen LogP contribution in [0.25, 0.3) is 0 Å². The van der Waals surface area contributed by atoms with Gasteiger partial charge < -0.3 is 14.9 Å². The van der Waals surface area contributed by atoms with Gasteiger partial charge in [0.15, 0.2) is 0 Å². The Morgan fingerprint density at radius 1 is 1.11 bits per heavy atom. The first-order chi connectivity index (χ1) is 13.6. The second kappa shape index (κ2) is 8.23. The smallest absolute Gasteiger partial charge is 0.411 e. The zero-order valence-corrected chi connectivity index (χ0v) is 16.6. The summed E-state index contributed by atoms with van der Waals surface area (Å²) in [6.07, 6.45) is 2.25. The van der Waals surface area contributed by atoms with Crippen molar-refractivity contribution in [2.24, 2.45) is 5.92 Å². The van der Waals surface area contributed by atoms with Crippen molar-refractivity contribution in [3.05, 3.63) is 59.7 Å². The number of carboxylic acid groups (broad SMARTS) is 1. The lowest BCUT2D eigenvalue weighted by Crippen LogP contribution is -2.39. The van der Waals surface area contributed by atoms with E-state index >= 15 is 0 Å². The molecule has 0 bridgehead atoms. The fourth-order valence-corrected chi connectivity index (χ4v) is 4.39. The lowest BCUT2D eigenvalue weighted by atomic mass is 9.96. The molecule has 5 heteroatoms. The summed E-state index contributed by atoms with van der Waals surface area (Å²) in [5.74, 6) is 0.440. The van der Waals surface area contributed by atoms with Crippen LogP contribution in [0.4, 0.5) is 16.2 Å². The van der Waals surface area contributed by atoms with E-state index in [0.717, 1.165) is 51.1 Å². The molecular weight excluding hydrogens is 350 g/mol. The molecule has 2 aromatic rings. The molecule has 28 heavy (non-hydrogen) atoms. The van der Waals surface area contributed by atoms with Gasteiger partial charge in [-0.1, -0.05) is 30.3 Å². The molecule has 0 spiro atoms. The summed E-state index contributed by atoms with van der Waals surface area (Å²) in [4.78, 5) is 18.2. The van der Waals surface area contributed by atoms with Crippen molar-refractivity contribution >= 4 is 17.5 Å². The van der Waals surface area contributed by atoms with Crippen molar-refractivity contribution in [1.29, 1.82) is 0 Å². The van der Waals surface area contributed by atoms with E-state index in [0.29, 0.717) is 12.5 Å². The first-order valence-corrected chi connectivity index (χ1v) is 10.2. The number of hydrogen-bond acceptors (Lipinski definition) is 3. The van der Waals surface area contributed by atoms with Crippen molar-refractivity contribution in [2.45, 2.75) is 25.8 Å². The third kappa shape index (κ3) is 4.14. The number of carbonyl (C=O) groups is 1. The number of rotatable bonds is 5. The van der Waals surface area contributed by atoms with Crippen molar-refractivity contribution in [3.63, 3.8) is 0 Å². The zero-order chi connectivity index (χ0) is 19.5. The molecule has 148 valence electrons. The molecule has 2 heterocycles. The highest BCUT2D eigenvalue weighted by atomic mass is 16.4. The second-order valence-corrected chi connectivity index (χ2v) is 8.11. The van der Waals surface area contributed by atoms with Gasteiger partial charge in [0.2, 0.25) is 0 Å². The predicted octanol–water partition coefficient (Wildman–Crippen LogP) is 4.08. The zero-order valence-electron chi connectivity index (χ0n) is 16.6. The molecule has 1 amide bonds. The van der Waals surface area contributed by atoms with Gasteiger partial charge in [-0.25, -0.2) is 4.79 Å². The van der Waals surface area contributed by atoms with Crippen molar-refractivity contribution in [2.75, 3.05) is 43.0 Å². The molecule has 1 N–H and O–H groups in total. The standard InChI is InChI=1S/C23H29N3O2/c1-24-12-9-19(10-13-24)17-26(23(27)28)21-7-8-22-20(15-21)11-14-25(22)16-18-5-3-2-4-6-18/h2-8,15,19H,9-14,16-17H2,1H3,(H,27,28). The average molecular weight is 380 g/mol. The summed E-state index contributed by atoms with van der Waals surface area (Å²) in [6.45, 7) is 4.57. The van der Waals surface area contributed by atoms with Crippen LogP contribution in [0.1, 0.15) is 24.0 Å². The van der Waals surface area contributed by atoms with Crippen LogP contribution in [0.15, 0.2) is 48.5 Å². The average Bonchev–Trinajstić information content (AvgIpc) is 3.10. The highest BCUT2D eigenvalue weighted by Gasteiger charge is 2.25. The van der Waals surface area contributed by atoms with E-state index in [1.807, 2.05) is 12.1 Å². The van der Waals surface area contributed by atoms with Crippen LogP contribution in [-0.4, -0.2) is 49.3 Å². The number of amides is 1. The highest BCUT2D eigenvalue weighted by molar-refractivity contribution is 5.87. The molecule has 0 saturated carbocycles. The number of anilines is 2. The first kappa shape index (κ1) is 18.8. The van der Waals surface area contributed by atoms with Gasteiger partial charge in [-0.2, -0.15) is 0 Å². The number of fused-ring (bicyclic) bond motifs is 1.